The van der Waals surface area contributed by atoms with Crippen LogP contribution in [0.2, 0.25) is 0 Å². The van der Waals surface area contributed by atoms with Gasteiger partial charge in [-0.05, 0) is 32.8 Å². The Bertz CT molecular complexity index is 416. The molecular weight excluding hydrogens is 336 g/mol. The molecule has 0 amide bonds. The third kappa shape index (κ3) is 20.4. The molecule has 0 radical (unpaired) electrons. The van der Waals surface area contributed by atoms with Crippen molar-refractivity contribution in [3.05, 3.63) is 23.8 Å². The normalized spacial score (nSPS) is 12.1. The number of carboxylic acids is 2. The van der Waals surface area contributed by atoms with Gasteiger partial charge in [0.15, 0.2) is 0 Å². The van der Waals surface area contributed by atoms with Crippen LogP contribution in [-0.2, 0) is 9.59 Å². The lowest BCUT2D eigenvalue weighted by atomic mass is 10.0. The number of rotatable bonds is 14. The zero-order valence-electron chi connectivity index (χ0n) is 16.2. The first kappa shape index (κ1) is 26.6. The van der Waals surface area contributed by atoms with Crippen molar-refractivity contribution in [2.45, 2.75) is 84.2 Å². The molecule has 0 aromatic carbocycles. The molecule has 1 atom stereocenters. The van der Waals surface area contributed by atoms with Gasteiger partial charge in [-0.25, -0.2) is 9.59 Å². The fourth-order valence-electron chi connectivity index (χ4n) is 2.15. The summed E-state index contributed by atoms with van der Waals surface area (Å²) in [5, 5.41) is 34.8. The van der Waals surface area contributed by atoms with Crippen LogP contribution in [0.25, 0.3) is 0 Å². The van der Waals surface area contributed by atoms with Crippen LogP contribution in [-0.4, -0.2) is 45.1 Å². The third-order valence-corrected chi connectivity index (χ3v) is 3.80. The largest absolute Gasteiger partial charge is 0.478 e. The van der Waals surface area contributed by atoms with Gasteiger partial charge in [0.25, 0.3) is 0 Å². The number of aliphatic hydroxyl groups excluding tert-OH is 2. The van der Waals surface area contributed by atoms with Gasteiger partial charge in [-0.1, -0.05) is 57.9 Å². The zero-order chi connectivity index (χ0) is 20.4. The minimum atomic E-state index is -0.967. The second-order valence-corrected chi connectivity index (χ2v) is 6.50. The van der Waals surface area contributed by atoms with E-state index in [1.807, 2.05) is 0 Å². The SMILES string of the molecule is C=C(C)C(=O)O.CC(=CC(O)CCCCCCCCCCCO)C(=O)O. The van der Waals surface area contributed by atoms with E-state index in [1.54, 1.807) is 0 Å². The van der Waals surface area contributed by atoms with E-state index < -0.39 is 18.0 Å². The summed E-state index contributed by atoms with van der Waals surface area (Å²) in [5.41, 5.74) is 0.385. The summed E-state index contributed by atoms with van der Waals surface area (Å²) in [6.07, 6.45) is 11.6. The maximum atomic E-state index is 10.6. The molecule has 0 aromatic rings. The Hall–Kier alpha value is -1.66. The second-order valence-electron chi connectivity index (χ2n) is 6.50. The van der Waals surface area contributed by atoms with Gasteiger partial charge in [0.1, 0.15) is 0 Å². The minimum absolute atomic E-state index is 0.176. The zero-order valence-corrected chi connectivity index (χ0v) is 16.2. The topological polar surface area (TPSA) is 115 Å². The first-order chi connectivity index (χ1) is 12.2. The summed E-state index contributed by atoms with van der Waals surface area (Å²) in [6.45, 7) is 6.41. The summed E-state index contributed by atoms with van der Waals surface area (Å²) in [7, 11) is 0. The number of carboxylic acid groups (broad SMARTS) is 2. The molecule has 0 fully saturated rings. The molecule has 152 valence electrons. The Morgan fingerprint density at radius 1 is 0.846 bits per heavy atom. The van der Waals surface area contributed by atoms with Gasteiger partial charge in [-0.15, -0.1) is 0 Å². The van der Waals surface area contributed by atoms with E-state index in [0.29, 0.717) is 13.0 Å². The van der Waals surface area contributed by atoms with Crippen molar-refractivity contribution in [1.82, 2.24) is 0 Å². The molecule has 26 heavy (non-hydrogen) atoms. The van der Waals surface area contributed by atoms with Gasteiger partial charge >= 0.3 is 11.9 Å². The third-order valence-electron chi connectivity index (χ3n) is 3.80. The molecule has 6 heteroatoms. The number of unbranched alkanes of at least 4 members (excludes halogenated alkanes) is 8. The Kier molecular flexibility index (Phi) is 18.5. The van der Waals surface area contributed by atoms with Crippen molar-refractivity contribution in [2.75, 3.05) is 6.61 Å². The maximum absolute atomic E-state index is 10.6. The van der Waals surface area contributed by atoms with Crippen molar-refractivity contribution in [1.29, 1.82) is 0 Å². The van der Waals surface area contributed by atoms with Crippen LogP contribution < -0.4 is 0 Å². The highest BCUT2D eigenvalue weighted by molar-refractivity contribution is 5.85. The molecule has 0 heterocycles. The Balaban J connectivity index is 0. The molecule has 0 saturated heterocycles. The molecule has 0 aromatic heterocycles. The van der Waals surface area contributed by atoms with Gasteiger partial charge in [-0.3, -0.25) is 0 Å². The Labute approximate surface area is 157 Å². The molecule has 0 spiro atoms. The van der Waals surface area contributed by atoms with Crippen LogP contribution in [0.1, 0.15) is 78.1 Å². The lowest BCUT2D eigenvalue weighted by Crippen LogP contribution is -2.06. The quantitative estimate of drug-likeness (QED) is 0.271. The maximum Gasteiger partial charge on any atom is 0.331 e. The molecule has 0 aliphatic rings. The van der Waals surface area contributed by atoms with E-state index in [0.717, 1.165) is 25.7 Å². The molecule has 1 unspecified atom stereocenters. The standard InChI is InChI=1S/C16H30O4.C4H6O2/c1-14(16(19)20)13-15(18)11-9-7-5-3-2-4-6-8-10-12-17;1-3(2)4(5)6/h13,15,17-18H,2-12H2,1H3,(H,19,20);1H2,2H3,(H,5,6). The predicted octanol–water partition coefficient (Wildman–Crippen LogP) is 3.92. The molecule has 0 rings (SSSR count). The van der Waals surface area contributed by atoms with Gasteiger partial charge in [0, 0.05) is 17.8 Å². The summed E-state index contributed by atoms with van der Waals surface area (Å²) in [4.78, 5) is 20.2. The molecule has 0 bridgehead atoms. The number of hydrogen-bond acceptors (Lipinski definition) is 4. The van der Waals surface area contributed by atoms with E-state index in [4.69, 9.17) is 15.3 Å². The van der Waals surface area contributed by atoms with E-state index >= 15 is 0 Å². The van der Waals surface area contributed by atoms with Crippen LogP contribution >= 0.6 is 0 Å². The minimum Gasteiger partial charge on any atom is -0.478 e. The van der Waals surface area contributed by atoms with Crippen molar-refractivity contribution in [2.24, 2.45) is 0 Å². The smallest absolute Gasteiger partial charge is 0.331 e. The van der Waals surface area contributed by atoms with Crippen molar-refractivity contribution >= 4 is 11.9 Å². The highest BCUT2D eigenvalue weighted by atomic mass is 16.4. The molecule has 0 aliphatic heterocycles. The summed E-state index contributed by atoms with van der Waals surface area (Å²) < 4.78 is 0. The van der Waals surface area contributed by atoms with Gasteiger partial charge in [0.2, 0.25) is 0 Å². The summed E-state index contributed by atoms with van der Waals surface area (Å²) >= 11 is 0. The molecule has 0 aliphatic carbocycles. The number of aliphatic carboxylic acids is 2. The van der Waals surface area contributed by atoms with E-state index in [-0.39, 0.29) is 11.1 Å². The predicted molar refractivity (Wildman–Crippen MR) is 103 cm³/mol. The van der Waals surface area contributed by atoms with Crippen LogP contribution in [0.15, 0.2) is 23.8 Å². The van der Waals surface area contributed by atoms with Crippen molar-refractivity contribution < 1.29 is 30.0 Å². The van der Waals surface area contributed by atoms with Crippen LogP contribution in [0.4, 0.5) is 0 Å². The van der Waals surface area contributed by atoms with Gasteiger partial charge < -0.3 is 20.4 Å². The highest BCUT2D eigenvalue weighted by Gasteiger charge is 2.05. The van der Waals surface area contributed by atoms with E-state index in [9.17, 15) is 14.7 Å². The van der Waals surface area contributed by atoms with Crippen LogP contribution in [0, 0.1) is 0 Å². The number of hydrogen-bond donors (Lipinski definition) is 4. The second kappa shape index (κ2) is 18.1. The summed E-state index contributed by atoms with van der Waals surface area (Å²) in [6, 6.07) is 0. The fraction of sp³-hybridized carbons (Fsp3) is 0.700. The average Bonchev–Trinajstić information content (AvgIpc) is 2.56. The molecule has 6 nitrogen and oxygen atoms in total. The Morgan fingerprint density at radius 3 is 1.58 bits per heavy atom. The lowest BCUT2D eigenvalue weighted by Gasteiger charge is -2.06. The first-order valence-corrected chi connectivity index (χ1v) is 9.31. The average molecular weight is 373 g/mol. The molecular formula is C20H36O6. The molecule has 0 saturated carbocycles. The number of aliphatic hydroxyl groups is 2. The van der Waals surface area contributed by atoms with E-state index in [2.05, 4.69) is 6.58 Å². The van der Waals surface area contributed by atoms with Gasteiger partial charge in [-0.2, -0.15) is 0 Å². The van der Waals surface area contributed by atoms with Crippen LogP contribution in [0.5, 0.6) is 0 Å². The number of carbonyl (C=O) groups is 2. The van der Waals surface area contributed by atoms with Crippen LogP contribution in [0.3, 0.4) is 0 Å². The van der Waals surface area contributed by atoms with Crippen molar-refractivity contribution in [3.63, 3.8) is 0 Å². The van der Waals surface area contributed by atoms with Crippen molar-refractivity contribution in [3.8, 4) is 0 Å². The lowest BCUT2D eigenvalue weighted by molar-refractivity contribution is -0.133. The van der Waals surface area contributed by atoms with E-state index in [1.165, 1.54) is 52.0 Å². The Morgan fingerprint density at radius 2 is 1.23 bits per heavy atom. The highest BCUT2D eigenvalue weighted by Crippen LogP contribution is 2.12. The fourth-order valence-corrected chi connectivity index (χ4v) is 2.15. The van der Waals surface area contributed by atoms with Gasteiger partial charge in [0.05, 0.1) is 6.10 Å². The first-order valence-electron chi connectivity index (χ1n) is 9.31. The molecule has 4 N–H and O–H groups in total. The summed E-state index contributed by atoms with van der Waals surface area (Å²) in [5.74, 6) is -1.90. The monoisotopic (exact) mass is 372 g/mol.